The van der Waals surface area contributed by atoms with Crippen molar-refractivity contribution in [3.63, 3.8) is 0 Å². The second-order valence-electron chi connectivity index (χ2n) is 8.17. The summed E-state index contributed by atoms with van der Waals surface area (Å²) >= 11 is 0. The number of nitriles is 1. The standard InChI is InChI=1S/C21H22N2O/c22-13-16-1-2-19-17(10-16)9-15(3-8-23-19)11-18-12-21(14-24-21)7-6-20(18)4-5-20/h1-3,8,10,18H,4-7,9,11-12,14H2/t18?,21-/m0/s1. The molecule has 2 heterocycles. The summed E-state index contributed by atoms with van der Waals surface area (Å²) < 4.78 is 5.81. The lowest BCUT2D eigenvalue weighted by molar-refractivity contribution is 0.119. The summed E-state index contributed by atoms with van der Waals surface area (Å²) in [5.41, 5.74) is 5.23. The normalized spacial score (nSPS) is 32.0. The molecule has 122 valence electrons. The summed E-state index contributed by atoms with van der Waals surface area (Å²) in [6.07, 6.45) is 12.9. The Balaban J connectivity index is 1.38. The third-order valence-electron chi connectivity index (χ3n) is 6.67. The van der Waals surface area contributed by atoms with E-state index in [2.05, 4.69) is 17.1 Å². The first kappa shape index (κ1) is 14.4. The van der Waals surface area contributed by atoms with Gasteiger partial charge in [0.15, 0.2) is 0 Å². The number of aliphatic imine (C=N–C) groups is 1. The Hall–Kier alpha value is -1.92. The molecule has 1 unspecified atom stereocenters. The molecule has 2 spiro atoms. The Morgan fingerprint density at radius 2 is 2.08 bits per heavy atom. The fourth-order valence-corrected chi connectivity index (χ4v) is 4.83. The smallest absolute Gasteiger partial charge is 0.0991 e. The van der Waals surface area contributed by atoms with Crippen LogP contribution >= 0.6 is 0 Å². The van der Waals surface area contributed by atoms with Gasteiger partial charge in [-0.1, -0.05) is 5.57 Å². The third kappa shape index (κ3) is 2.41. The van der Waals surface area contributed by atoms with Crippen molar-refractivity contribution in [3.05, 3.63) is 41.0 Å². The van der Waals surface area contributed by atoms with Gasteiger partial charge in [-0.3, -0.25) is 4.99 Å². The summed E-state index contributed by atoms with van der Waals surface area (Å²) in [4.78, 5) is 4.56. The van der Waals surface area contributed by atoms with Crippen LogP contribution in [0.5, 0.6) is 0 Å². The van der Waals surface area contributed by atoms with Crippen LogP contribution in [0.4, 0.5) is 5.69 Å². The SMILES string of the molecule is N#Cc1ccc2c(c1)CC(CC1C[C@@]3(CCC14CC4)CO3)=CC=N2. The minimum atomic E-state index is 0.240. The van der Waals surface area contributed by atoms with Gasteiger partial charge in [0.2, 0.25) is 0 Å². The molecule has 0 aromatic heterocycles. The van der Waals surface area contributed by atoms with Crippen LogP contribution < -0.4 is 0 Å². The van der Waals surface area contributed by atoms with Crippen LogP contribution in [0.2, 0.25) is 0 Å². The molecule has 1 aromatic carbocycles. The van der Waals surface area contributed by atoms with Crippen LogP contribution in [0.1, 0.15) is 49.7 Å². The van der Waals surface area contributed by atoms with E-state index in [4.69, 9.17) is 10.00 Å². The first-order chi connectivity index (χ1) is 11.7. The predicted octanol–water partition coefficient (Wildman–Crippen LogP) is 4.48. The summed E-state index contributed by atoms with van der Waals surface area (Å²) in [6.45, 7) is 0.981. The number of epoxide rings is 1. The van der Waals surface area contributed by atoms with Gasteiger partial charge >= 0.3 is 0 Å². The monoisotopic (exact) mass is 318 g/mol. The van der Waals surface area contributed by atoms with Gasteiger partial charge in [0.25, 0.3) is 0 Å². The lowest BCUT2D eigenvalue weighted by Crippen LogP contribution is -2.32. The Bertz CT molecular complexity index is 791. The van der Waals surface area contributed by atoms with Crippen LogP contribution in [-0.2, 0) is 11.2 Å². The van der Waals surface area contributed by atoms with Gasteiger partial charge in [0, 0.05) is 6.21 Å². The van der Waals surface area contributed by atoms with E-state index in [0.29, 0.717) is 5.41 Å². The molecule has 0 amide bonds. The van der Waals surface area contributed by atoms with Gasteiger partial charge in [-0.2, -0.15) is 5.26 Å². The molecule has 1 aromatic rings. The average molecular weight is 318 g/mol. The molecule has 3 fully saturated rings. The van der Waals surface area contributed by atoms with E-state index < -0.39 is 0 Å². The van der Waals surface area contributed by atoms with Crippen LogP contribution in [0.15, 0.2) is 34.8 Å². The molecule has 2 saturated carbocycles. The number of ether oxygens (including phenoxy) is 1. The second-order valence-corrected chi connectivity index (χ2v) is 8.17. The average Bonchev–Trinajstić information content (AvgIpc) is 3.48. The van der Waals surface area contributed by atoms with Crippen molar-refractivity contribution in [1.82, 2.24) is 0 Å². The molecule has 24 heavy (non-hydrogen) atoms. The van der Waals surface area contributed by atoms with Crippen molar-refractivity contribution in [3.8, 4) is 6.07 Å². The van der Waals surface area contributed by atoms with Crippen molar-refractivity contribution >= 4 is 11.9 Å². The molecule has 1 saturated heterocycles. The number of fused-ring (bicyclic) bond motifs is 1. The molecule has 2 atom stereocenters. The Morgan fingerprint density at radius 1 is 1.25 bits per heavy atom. The largest absolute Gasteiger partial charge is 0.370 e. The highest BCUT2D eigenvalue weighted by Gasteiger charge is 2.59. The van der Waals surface area contributed by atoms with Crippen LogP contribution in [0, 0.1) is 22.7 Å². The van der Waals surface area contributed by atoms with Crippen molar-refractivity contribution in [2.75, 3.05) is 6.61 Å². The van der Waals surface area contributed by atoms with Gasteiger partial charge in [0.1, 0.15) is 0 Å². The number of benzene rings is 1. The van der Waals surface area contributed by atoms with Gasteiger partial charge in [0.05, 0.1) is 29.5 Å². The van der Waals surface area contributed by atoms with E-state index in [1.165, 1.54) is 43.2 Å². The van der Waals surface area contributed by atoms with E-state index in [9.17, 15) is 0 Å². The van der Waals surface area contributed by atoms with E-state index in [-0.39, 0.29) is 5.60 Å². The van der Waals surface area contributed by atoms with E-state index in [1.807, 2.05) is 24.4 Å². The Labute approximate surface area is 143 Å². The summed E-state index contributed by atoms with van der Waals surface area (Å²) in [5.74, 6) is 0.758. The number of allylic oxidation sites excluding steroid dienone is 2. The minimum absolute atomic E-state index is 0.240. The molecular formula is C21H22N2O. The molecule has 3 nitrogen and oxygen atoms in total. The van der Waals surface area contributed by atoms with Crippen molar-refractivity contribution in [2.24, 2.45) is 16.3 Å². The molecule has 0 bridgehead atoms. The van der Waals surface area contributed by atoms with E-state index >= 15 is 0 Å². The summed E-state index contributed by atoms with van der Waals surface area (Å²) in [7, 11) is 0. The molecule has 0 radical (unpaired) electrons. The maximum absolute atomic E-state index is 9.16. The van der Waals surface area contributed by atoms with Gasteiger partial charge in [-0.15, -0.1) is 0 Å². The van der Waals surface area contributed by atoms with Crippen molar-refractivity contribution in [2.45, 2.75) is 50.5 Å². The zero-order valence-electron chi connectivity index (χ0n) is 13.9. The molecule has 3 heteroatoms. The van der Waals surface area contributed by atoms with Crippen LogP contribution in [0.3, 0.4) is 0 Å². The Kier molecular flexibility index (Phi) is 3.03. The van der Waals surface area contributed by atoms with E-state index in [0.717, 1.165) is 36.6 Å². The molecule has 2 aliphatic heterocycles. The first-order valence-corrected chi connectivity index (χ1v) is 9.10. The fourth-order valence-electron chi connectivity index (χ4n) is 4.83. The maximum atomic E-state index is 9.16. The lowest BCUT2D eigenvalue weighted by Gasteiger charge is -2.36. The van der Waals surface area contributed by atoms with Crippen LogP contribution in [-0.4, -0.2) is 18.4 Å². The zero-order valence-corrected chi connectivity index (χ0v) is 13.9. The zero-order chi connectivity index (χ0) is 16.2. The highest BCUT2D eigenvalue weighted by Crippen LogP contribution is 2.65. The number of nitrogens with zero attached hydrogens (tertiary/aromatic N) is 2. The van der Waals surface area contributed by atoms with Gasteiger partial charge < -0.3 is 4.74 Å². The molecular weight excluding hydrogens is 296 g/mol. The molecule has 5 rings (SSSR count). The lowest BCUT2D eigenvalue weighted by atomic mass is 9.69. The van der Waals surface area contributed by atoms with Gasteiger partial charge in [-0.05, 0) is 86.1 Å². The molecule has 0 N–H and O–H groups in total. The number of hydrogen-bond acceptors (Lipinski definition) is 3. The number of rotatable bonds is 2. The minimum Gasteiger partial charge on any atom is -0.370 e. The maximum Gasteiger partial charge on any atom is 0.0991 e. The highest BCUT2D eigenvalue weighted by atomic mass is 16.6. The highest BCUT2D eigenvalue weighted by molar-refractivity contribution is 5.78. The van der Waals surface area contributed by atoms with Crippen molar-refractivity contribution < 1.29 is 4.74 Å². The van der Waals surface area contributed by atoms with Crippen molar-refractivity contribution in [1.29, 1.82) is 5.26 Å². The predicted molar refractivity (Wildman–Crippen MR) is 93.4 cm³/mol. The number of hydrogen-bond donors (Lipinski definition) is 0. The quantitative estimate of drug-likeness (QED) is 0.755. The van der Waals surface area contributed by atoms with Gasteiger partial charge in [-0.25, -0.2) is 0 Å². The fraction of sp³-hybridized carbons (Fsp3) is 0.524. The topological polar surface area (TPSA) is 48.7 Å². The van der Waals surface area contributed by atoms with Crippen LogP contribution in [0.25, 0.3) is 0 Å². The first-order valence-electron chi connectivity index (χ1n) is 9.10. The molecule has 4 aliphatic rings. The Morgan fingerprint density at radius 3 is 2.83 bits per heavy atom. The second kappa shape index (κ2) is 5.04. The van der Waals surface area contributed by atoms with E-state index in [1.54, 1.807) is 0 Å². The third-order valence-corrected chi connectivity index (χ3v) is 6.67. The molecule has 2 aliphatic carbocycles. The summed E-state index contributed by atoms with van der Waals surface area (Å²) in [5, 5.41) is 9.16. The summed E-state index contributed by atoms with van der Waals surface area (Å²) in [6, 6.07) is 8.08.